The maximum absolute atomic E-state index is 8.06. The molecule has 0 heterocycles. The van der Waals surface area contributed by atoms with Crippen LogP contribution < -0.4 is 0 Å². The topological polar surface area (TPSA) is 20.2 Å². The van der Waals surface area contributed by atoms with Gasteiger partial charge in [-0.3, -0.25) is 0 Å². The van der Waals surface area contributed by atoms with Gasteiger partial charge in [-0.05, 0) is 30.5 Å². The number of hydrogen-bond acceptors (Lipinski definition) is 1. The van der Waals surface area contributed by atoms with Crippen LogP contribution in [0.4, 0.5) is 0 Å². The van der Waals surface area contributed by atoms with E-state index in [2.05, 4.69) is 78.9 Å². The Bertz CT molecular complexity index is 600. The van der Waals surface area contributed by atoms with Crippen molar-refractivity contribution in [3.05, 3.63) is 84.5 Å². The fourth-order valence-electron chi connectivity index (χ4n) is 2.31. The molecule has 0 unspecified atom stereocenters. The Labute approximate surface area is 152 Å². The summed E-state index contributed by atoms with van der Waals surface area (Å²) in [6.45, 7) is 3.44. The standard InChI is InChI=1S/C17H14.C3H8O.Zr/c1-2-8-14(9-3-1)16-12-6-7-13-17(16)15-10-4-5-11-15;1-3(2)4;/h1-13,15H;3-4H,1-2H3;. The average Bonchev–Trinajstić information content (AvgIpc) is 3.02. The summed E-state index contributed by atoms with van der Waals surface area (Å²) in [5, 5.41) is 8.06. The quantitative estimate of drug-likeness (QED) is 0.794. The van der Waals surface area contributed by atoms with E-state index in [1.165, 1.54) is 16.7 Å². The molecule has 1 nitrogen and oxygen atoms in total. The van der Waals surface area contributed by atoms with Crippen molar-refractivity contribution >= 4 is 0 Å². The zero-order valence-electron chi connectivity index (χ0n) is 13.1. The number of rotatable bonds is 2. The normalized spacial score (nSPS) is 12.7. The van der Waals surface area contributed by atoms with Crippen LogP contribution in [0, 0.1) is 0 Å². The van der Waals surface area contributed by atoms with Crippen LogP contribution >= 0.6 is 0 Å². The molecule has 0 spiro atoms. The SMILES string of the molecule is C1=CC(c2ccccc2-c2ccccc2)C=C1.CC(C)O.[Zr]. The van der Waals surface area contributed by atoms with Gasteiger partial charge in [0.15, 0.2) is 0 Å². The zero-order chi connectivity index (χ0) is 15.1. The summed E-state index contributed by atoms with van der Waals surface area (Å²) in [5.74, 6) is 0.423. The van der Waals surface area contributed by atoms with Gasteiger partial charge in [0.25, 0.3) is 0 Å². The van der Waals surface area contributed by atoms with Crippen molar-refractivity contribution in [3.63, 3.8) is 0 Å². The van der Waals surface area contributed by atoms with E-state index in [0.717, 1.165) is 0 Å². The minimum Gasteiger partial charge on any atom is -0.394 e. The van der Waals surface area contributed by atoms with Gasteiger partial charge < -0.3 is 5.11 Å². The summed E-state index contributed by atoms with van der Waals surface area (Å²) in [6, 6.07) is 19.2. The second-order valence-electron chi connectivity index (χ2n) is 5.34. The molecular formula is C20H22OZr. The van der Waals surface area contributed by atoms with E-state index in [1.54, 1.807) is 13.8 Å². The van der Waals surface area contributed by atoms with Crippen molar-refractivity contribution < 1.29 is 31.3 Å². The van der Waals surface area contributed by atoms with E-state index in [1.807, 2.05) is 0 Å². The molecule has 1 N–H and O–H groups in total. The Morgan fingerprint density at radius 3 is 1.91 bits per heavy atom. The zero-order valence-corrected chi connectivity index (χ0v) is 15.6. The summed E-state index contributed by atoms with van der Waals surface area (Å²) in [4.78, 5) is 0. The van der Waals surface area contributed by atoms with E-state index in [-0.39, 0.29) is 32.3 Å². The molecule has 2 aromatic carbocycles. The van der Waals surface area contributed by atoms with Crippen molar-refractivity contribution in [2.24, 2.45) is 0 Å². The number of aliphatic hydroxyl groups is 1. The predicted octanol–water partition coefficient (Wildman–Crippen LogP) is 4.95. The molecule has 2 aromatic rings. The third kappa shape index (κ3) is 5.52. The van der Waals surface area contributed by atoms with Crippen LogP contribution in [-0.2, 0) is 26.2 Å². The van der Waals surface area contributed by atoms with Crippen LogP contribution in [0.15, 0.2) is 78.9 Å². The average molecular weight is 370 g/mol. The van der Waals surface area contributed by atoms with Gasteiger partial charge in [0, 0.05) is 38.2 Å². The van der Waals surface area contributed by atoms with Crippen LogP contribution in [0.2, 0.25) is 0 Å². The minimum atomic E-state index is -0.167. The second-order valence-corrected chi connectivity index (χ2v) is 5.34. The molecule has 0 amide bonds. The fraction of sp³-hybridized carbons (Fsp3) is 0.200. The van der Waals surface area contributed by atoms with Crippen LogP contribution in [0.1, 0.15) is 25.3 Å². The first kappa shape index (κ1) is 18.8. The first-order chi connectivity index (χ1) is 10.2. The van der Waals surface area contributed by atoms with Gasteiger partial charge in [-0.2, -0.15) is 0 Å². The molecule has 112 valence electrons. The third-order valence-corrected chi connectivity index (χ3v) is 3.15. The molecule has 0 radical (unpaired) electrons. The molecule has 0 aromatic heterocycles. The maximum atomic E-state index is 8.06. The third-order valence-electron chi connectivity index (χ3n) is 3.15. The van der Waals surface area contributed by atoms with Gasteiger partial charge in [0.1, 0.15) is 0 Å². The van der Waals surface area contributed by atoms with E-state index in [4.69, 9.17) is 5.11 Å². The summed E-state index contributed by atoms with van der Waals surface area (Å²) in [6.07, 6.45) is 8.54. The van der Waals surface area contributed by atoms with E-state index in [9.17, 15) is 0 Å². The molecule has 2 heteroatoms. The van der Waals surface area contributed by atoms with Crippen LogP contribution in [0.5, 0.6) is 0 Å². The van der Waals surface area contributed by atoms with Crippen LogP contribution in [-0.4, -0.2) is 11.2 Å². The molecule has 0 aliphatic heterocycles. The molecule has 3 rings (SSSR count). The molecule has 1 aliphatic carbocycles. The van der Waals surface area contributed by atoms with Gasteiger partial charge in [0.05, 0.1) is 0 Å². The minimum absolute atomic E-state index is 0. The van der Waals surface area contributed by atoms with Crippen molar-refractivity contribution in [2.75, 3.05) is 0 Å². The molecule has 0 fully saturated rings. The molecule has 0 saturated carbocycles. The summed E-state index contributed by atoms with van der Waals surface area (Å²) in [5.41, 5.74) is 4.00. The van der Waals surface area contributed by atoms with Gasteiger partial charge in [-0.25, -0.2) is 0 Å². The number of hydrogen-bond donors (Lipinski definition) is 1. The van der Waals surface area contributed by atoms with Crippen molar-refractivity contribution in [2.45, 2.75) is 25.9 Å². The number of allylic oxidation sites excluding steroid dienone is 4. The van der Waals surface area contributed by atoms with E-state index >= 15 is 0 Å². The molecule has 1 aliphatic rings. The second kappa shape index (κ2) is 9.71. The van der Waals surface area contributed by atoms with Crippen molar-refractivity contribution in [3.8, 4) is 11.1 Å². The Morgan fingerprint density at radius 1 is 0.818 bits per heavy atom. The largest absolute Gasteiger partial charge is 0.394 e. The number of aliphatic hydroxyl groups excluding tert-OH is 1. The Kier molecular flexibility index (Phi) is 8.31. The molecule has 0 bridgehead atoms. The maximum Gasteiger partial charge on any atom is 0.0483 e. The predicted molar refractivity (Wildman–Crippen MR) is 90.3 cm³/mol. The molecule has 0 saturated heterocycles. The Hall–Kier alpha value is -1.24. The monoisotopic (exact) mass is 368 g/mol. The van der Waals surface area contributed by atoms with Crippen molar-refractivity contribution in [1.82, 2.24) is 0 Å². The smallest absolute Gasteiger partial charge is 0.0483 e. The van der Waals surface area contributed by atoms with E-state index < -0.39 is 0 Å². The fourth-order valence-corrected chi connectivity index (χ4v) is 2.31. The summed E-state index contributed by atoms with van der Waals surface area (Å²) >= 11 is 0. The van der Waals surface area contributed by atoms with Gasteiger partial charge in [-0.15, -0.1) is 0 Å². The Balaban J connectivity index is 0.000000436. The first-order valence-corrected chi connectivity index (χ1v) is 7.36. The van der Waals surface area contributed by atoms with E-state index in [0.29, 0.717) is 5.92 Å². The number of benzene rings is 2. The summed E-state index contributed by atoms with van der Waals surface area (Å²) < 4.78 is 0. The van der Waals surface area contributed by atoms with Crippen molar-refractivity contribution in [1.29, 1.82) is 0 Å². The van der Waals surface area contributed by atoms with Gasteiger partial charge >= 0.3 is 0 Å². The first-order valence-electron chi connectivity index (χ1n) is 7.36. The molecule has 0 atom stereocenters. The molecule has 22 heavy (non-hydrogen) atoms. The van der Waals surface area contributed by atoms with Gasteiger partial charge in [0.2, 0.25) is 0 Å². The summed E-state index contributed by atoms with van der Waals surface area (Å²) in [7, 11) is 0. The Morgan fingerprint density at radius 2 is 1.32 bits per heavy atom. The molecular weight excluding hydrogens is 347 g/mol. The van der Waals surface area contributed by atoms with Crippen LogP contribution in [0.25, 0.3) is 11.1 Å². The van der Waals surface area contributed by atoms with Gasteiger partial charge in [-0.1, -0.05) is 78.9 Å². The van der Waals surface area contributed by atoms with Crippen LogP contribution in [0.3, 0.4) is 0 Å².